The van der Waals surface area contributed by atoms with Gasteiger partial charge in [0, 0.05) is 39.1 Å². The van der Waals surface area contributed by atoms with Gasteiger partial charge in [0.05, 0.1) is 11.0 Å². The molecule has 0 amide bonds. The molecule has 0 radical (unpaired) electrons. The molecule has 1 aromatic heterocycles. The third-order valence-corrected chi connectivity index (χ3v) is 4.56. The lowest BCUT2D eigenvalue weighted by molar-refractivity contribution is -0.385. The monoisotopic (exact) mass is 402 g/mol. The van der Waals surface area contributed by atoms with Crippen LogP contribution in [0.2, 0.25) is 0 Å². The molecule has 0 unspecified atom stereocenters. The third-order valence-electron chi connectivity index (χ3n) is 4.07. The summed E-state index contributed by atoms with van der Waals surface area (Å²) in [6.45, 7) is 0.0142. The number of aromatic nitrogens is 1. The van der Waals surface area contributed by atoms with Gasteiger partial charge in [-0.05, 0) is 24.3 Å². The standard InChI is InChI=1S/C17H11BrN2O5/c18-10-1-2-13-11(5-10)12(7-19-13)15(21)3-9-4-16-17(25-8-24-16)6-14(9)20(22)23/h1-2,4-7,19H,3,8H2. The fourth-order valence-electron chi connectivity index (χ4n) is 2.88. The third kappa shape index (κ3) is 2.74. The molecule has 0 fully saturated rings. The fourth-order valence-corrected chi connectivity index (χ4v) is 3.24. The van der Waals surface area contributed by atoms with Crippen LogP contribution in [0.5, 0.6) is 11.5 Å². The lowest BCUT2D eigenvalue weighted by Crippen LogP contribution is -2.05. The van der Waals surface area contributed by atoms with E-state index >= 15 is 0 Å². The van der Waals surface area contributed by atoms with Gasteiger partial charge in [-0.25, -0.2) is 0 Å². The van der Waals surface area contributed by atoms with Crippen LogP contribution < -0.4 is 9.47 Å². The van der Waals surface area contributed by atoms with Gasteiger partial charge >= 0.3 is 0 Å². The quantitative estimate of drug-likeness (QED) is 0.404. The highest BCUT2D eigenvalue weighted by atomic mass is 79.9. The van der Waals surface area contributed by atoms with E-state index in [9.17, 15) is 14.9 Å². The number of fused-ring (bicyclic) bond motifs is 2. The minimum atomic E-state index is -0.517. The zero-order chi connectivity index (χ0) is 17.6. The maximum absolute atomic E-state index is 12.7. The van der Waals surface area contributed by atoms with Crippen molar-refractivity contribution >= 4 is 38.3 Å². The minimum Gasteiger partial charge on any atom is -0.454 e. The minimum absolute atomic E-state index is 0.0142. The molecular formula is C17H11BrN2O5. The van der Waals surface area contributed by atoms with Gasteiger partial charge in [-0.3, -0.25) is 14.9 Å². The van der Waals surface area contributed by atoms with E-state index in [-0.39, 0.29) is 24.7 Å². The van der Waals surface area contributed by atoms with Crippen LogP contribution in [0.4, 0.5) is 5.69 Å². The van der Waals surface area contributed by atoms with Crippen LogP contribution in [-0.2, 0) is 6.42 Å². The van der Waals surface area contributed by atoms with Crippen molar-refractivity contribution in [3.63, 3.8) is 0 Å². The van der Waals surface area contributed by atoms with E-state index < -0.39 is 4.92 Å². The Labute approximate surface area is 149 Å². The number of hydrogen-bond acceptors (Lipinski definition) is 5. The Hall–Kier alpha value is -2.87. The van der Waals surface area contributed by atoms with Crippen molar-refractivity contribution in [1.82, 2.24) is 4.98 Å². The first-order valence-electron chi connectivity index (χ1n) is 7.39. The maximum Gasteiger partial charge on any atom is 0.277 e. The molecule has 1 aliphatic rings. The maximum atomic E-state index is 12.7. The molecule has 25 heavy (non-hydrogen) atoms. The summed E-state index contributed by atoms with van der Waals surface area (Å²) in [5.41, 5.74) is 1.46. The Kier molecular flexibility index (Phi) is 3.69. The number of aromatic amines is 1. The zero-order valence-electron chi connectivity index (χ0n) is 12.7. The van der Waals surface area contributed by atoms with Gasteiger partial charge in [-0.2, -0.15) is 0 Å². The average Bonchev–Trinajstić information content (AvgIpc) is 3.19. The number of ketones is 1. The molecule has 0 aliphatic carbocycles. The number of carbonyl (C=O) groups excluding carboxylic acids is 1. The Morgan fingerprint density at radius 1 is 1.24 bits per heavy atom. The summed E-state index contributed by atoms with van der Waals surface area (Å²) in [4.78, 5) is 26.6. The zero-order valence-corrected chi connectivity index (χ0v) is 14.3. The van der Waals surface area contributed by atoms with Crippen LogP contribution in [0.15, 0.2) is 41.0 Å². The fraction of sp³-hybridized carbons (Fsp3) is 0.118. The molecule has 1 aliphatic heterocycles. The summed E-state index contributed by atoms with van der Waals surface area (Å²) in [5.74, 6) is 0.514. The van der Waals surface area contributed by atoms with Crippen LogP contribution in [0.1, 0.15) is 15.9 Å². The molecule has 2 aromatic carbocycles. The number of carbonyl (C=O) groups is 1. The molecule has 8 heteroatoms. The van der Waals surface area contributed by atoms with E-state index in [1.165, 1.54) is 12.1 Å². The van der Waals surface area contributed by atoms with E-state index in [2.05, 4.69) is 20.9 Å². The van der Waals surface area contributed by atoms with Gasteiger partial charge in [-0.1, -0.05) is 15.9 Å². The Morgan fingerprint density at radius 2 is 2.00 bits per heavy atom. The summed E-state index contributed by atoms with van der Waals surface area (Å²) < 4.78 is 11.3. The first-order valence-corrected chi connectivity index (χ1v) is 8.19. The van der Waals surface area contributed by atoms with E-state index in [0.29, 0.717) is 22.6 Å². The number of nitro groups is 1. The van der Waals surface area contributed by atoms with Crippen molar-refractivity contribution in [2.24, 2.45) is 0 Å². The topological polar surface area (TPSA) is 94.5 Å². The number of nitrogens with one attached hydrogen (secondary N) is 1. The van der Waals surface area contributed by atoms with E-state index in [1.54, 1.807) is 6.20 Å². The summed E-state index contributed by atoms with van der Waals surface area (Å²) in [7, 11) is 0. The molecule has 4 rings (SSSR count). The molecule has 2 heterocycles. The Bertz CT molecular complexity index is 1030. The van der Waals surface area contributed by atoms with Gasteiger partial charge < -0.3 is 14.5 Å². The van der Waals surface area contributed by atoms with Crippen LogP contribution >= 0.6 is 15.9 Å². The van der Waals surface area contributed by atoms with Gasteiger partial charge in [-0.15, -0.1) is 0 Å². The number of benzene rings is 2. The molecule has 1 N–H and O–H groups in total. The predicted octanol–water partition coefficient (Wildman–Crippen LogP) is 3.99. The molecule has 0 bridgehead atoms. The van der Waals surface area contributed by atoms with E-state index in [4.69, 9.17) is 9.47 Å². The number of H-pyrrole nitrogens is 1. The van der Waals surface area contributed by atoms with Crippen molar-refractivity contribution in [3.05, 3.63) is 62.2 Å². The molecule has 126 valence electrons. The summed E-state index contributed by atoms with van der Waals surface area (Å²) in [5, 5.41) is 12.1. The first-order chi connectivity index (χ1) is 12.0. The first kappa shape index (κ1) is 15.6. The highest BCUT2D eigenvalue weighted by Crippen LogP contribution is 2.38. The molecule has 0 saturated heterocycles. The second kappa shape index (κ2) is 5.89. The van der Waals surface area contributed by atoms with Gasteiger partial charge in [0.1, 0.15) is 0 Å². The van der Waals surface area contributed by atoms with Crippen molar-refractivity contribution in [2.45, 2.75) is 6.42 Å². The van der Waals surface area contributed by atoms with E-state index in [1.807, 2.05) is 18.2 Å². The molecule has 0 saturated carbocycles. The summed E-state index contributed by atoms with van der Waals surface area (Å²) >= 11 is 3.39. The molecular weight excluding hydrogens is 392 g/mol. The second-order valence-electron chi connectivity index (χ2n) is 5.58. The SMILES string of the molecule is O=C(Cc1cc2c(cc1[N+](=O)[O-])OCO2)c1c[nH]c2ccc(Br)cc12. The van der Waals surface area contributed by atoms with E-state index in [0.717, 1.165) is 15.4 Å². The summed E-state index contributed by atoms with van der Waals surface area (Å²) in [6, 6.07) is 8.38. The highest BCUT2D eigenvalue weighted by molar-refractivity contribution is 9.10. The van der Waals surface area contributed by atoms with Crippen molar-refractivity contribution in [3.8, 4) is 11.5 Å². The van der Waals surface area contributed by atoms with Crippen molar-refractivity contribution in [2.75, 3.05) is 6.79 Å². The molecule has 0 spiro atoms. The van der Waals surface area contributed by atoms with Crippen LogP contribution in [0.25, 0.3) is 10.9 Å². The van der Waals surface area contributed by atoms with Gasteiger partial charge in [0.2, 0.25) is 6.79 Å². The highest BCUT2D eigenvalue weighted by Gasteiger charge is 2.25. The average molecular weight is 403 g/mol. The smallest absolute Gasteiger partial charge is 0.277 e. The van der Waals surface area contributed by atoms with Crippen molar-refractivity contribution < 1.29 is 19.2 Å². The lowest BCUT2D eigenvalue weighted by Gasteiger charge is -2.05. The normalized spacial score (nSPS) is 12.5. The van der Waals surface area contributed by atoms with Gasteiger partial charge in [0.15, 0.2) is 17.3 Å². The number of ether oxygens (including phenoxy) is 2. The van der Waals surface area contributed by atoms with Crippen LogP contribution in [0, 0.1) is 10.1 Å². The lowest BCUT2D eigenvalue weighted by atomic mass is 10.0. The number of Topliss-reactive ketones (excluding diaryl/α,β-unsaturated/α-hetero) is 1. The Balaban J connectivity index is 1.73. The Morgan fingerprint density at radius 3 is 2.76 bits per heavy atom. The predicted molar refractivity (Wildman–Crippen MR) is 93.3 cm³/mol. The summed E-state index contributed by atoms with van der Waals surface area (Å²) in [6.07, 6.45) is 1.52. The molecule has 7 nitrogen and oxygen atoms in total. The van der Waals surface area contributed by atoms with Gasteiger partial charge in [0.25, 0.3) is 5.69 Å². The number of hydrogen-bond donors (Lipinski definition) is 1. The van der Waals surface area contributed by atoms with Crippen LogP contribution in [0.3, 0.4) is 0 Å². The van der Waals surface area contributed by atoms with Crippen LogP contribution in [-0.4, -0.2) is 22.5 Å². The number of halogens is 1. The number of nitrogens with zero attached hydrogens (tertiary/aromatic N) is 1. The molecule has 0 atom stereocenters. The molecule has 3 aromatic rings. The largest absolute Gasteiger partial charge is 0.454 e. The number of nitro benzene ring substituents is 1. The number of rotatable bonds is 4. The van der Waals surface area contributed by atoms with Crippen molar-refractivity contribution in [1.29, 1.82) is 0 Å². The second-order valence-corrected chi connectivity index (χ2v) is 6.50.